The number of carbonyl (C=O) groups is 3. The van der Waals surface area contributed by atoms with Gasteiger partial charge < -0.3 is 19.4 Å². The minimum Gasteiger partial charge on any atom is -0.493 e. The van der Waals surface area contributed by atoms with Gasteiger partial charge in [0.2, 0.25) is 5.91 Å². The number of halogens is 1. The maximum atomic E-state index is 13.8. The fourth-order valence-corrected chi connectivity index (χ4v) is 5.86. The number of hydrogen-bond acceptors (Lipinski definition) is 6. The lowest BCUT2D eigenvalue weighted by molar-refractivity contribution is -0.134. The van der Waals surface area contributed by atoms with Crippen LogP contribution in [0.15, 0.2) is 54.0 Å². The molecular weight excluding hydrogens is 560 g/mol. The molecule has 10 heteroatoms. The van der Waals surface area contributed by atoms with E-state index in [9.17, 15) is 14.4 Å². The SMILES string of the molecule is Cc1ncsc1C(=O)N1CCCCOc2ccc(Cl)cc2C(=O)N(C)[C@@H](Cc2ccccc2)C(=O)N(C)CCCC1. The van der Waals surface area contributed by atoms with Gasteiger partial charge in [0.1, 0.15) is 16.7 Å². The van der Waals surface area contributed by atoms with Gasteiger partial charge in [-0.05, 0) is 56.4 Å². The molecule has 3 aromatic rings. The van der Waals surface area contributed by atoms with Gasteiger partial charge in [-0.2, -0.15) is 0 Å². The number of ether oxygens (including phenoxy) is 1. The molecule has 0 aliphatic carbocycles. The first-order valence-electron chi connectivity index (χ1n) is 13.9. The summed E-state index contributed by atoms with van der Waals surface area (Å²) in [5.41, 5.74) is 3.71. The van der Waals surface area contributed by atoms with Crippen molar-refractivity contribution in [1.82, 2.24) is 19.7 Å². The zero-order valence-corrected chi connectivity index (χ0v) is 25.4. The number of rotatable bonds is 3. The van der Waals surface area contributed by atoms with Crippen molar-refractivity contribution < 1.29 is 19.1 Å². The summed E-state index contributed by atoms with van der Waals surface area (Å²) in [4.78, 5) is 50.9. The lowest BCUT2D eigenvalue weighted by atomic mass is 10.0. The second kappa shape index (κ2) is 14.5. The normalized spacial score (nSPS) is 18.0. The summed E-state index contributed by atoms with van der Waals surface area (Å²) in [6.07, 6.45) is 3.30. The van der Waals surface area contributed by atoms with E-state index in [1.807, 2.05) is 42.2 Å². The van der Waals surface area contributed by atoms with Crippen molar-refractivity contribution in [2.24, 2.45) is 0 Å². The van der Waals surface area contributed by atoms with Gasteiger partial charge in [-0.3, -0.25) is 14.4 Å². The first kappa shape index (κ1) is 30.5. The summed E-state index contributed by atoms with van der Waals surface area (Å²) in [5.74, 6) is -0.0654. The van der Waals surface area contributed by atoms with Gasteiger partial charge in [0.05, 0.1) is 23.4 Å². The third-order valence-electron chi connectivity index (χ3n) is 7.37. The van der Waals surface area contributed by atoms with Crippen LogP contribution in [-0.4, -0.2) is 83.8 Å². The molecule has 218 valence electrons. The standard InChI is InChI=1S/C31H37ClN4O4S/c1-22-28(41-21-33-22)31(39)36-16-8-7-15-34(2)30(38)26(19-23-11-5-4-6-12-23)35(3)29(37)25-20-24(32)13-14-27(25)40-18-10-9-17-36/h4-6,11-14,20-21,26H,7-10,15-19H2,1-3H3/t26-/m0/s1. The van der Waals surface area contributed by atoms with E-state index >= 15 is 0 Å². The van der Waals surface area contributed by atoms with E-state index in [1.165, 1.54) is 16.2 Å². The maximum absolute atomic E-state index is 13.8. The van der Waals surface area contributed by atoms with Crippen molar-refractivity contribution in [1.29, 1.82) is 0 Å². The number of amides is 3. The Hall–Kier alpha value is -3.43. The highest BCUT2D eigenvalue weighted by atomic mass is 35.5. The second-order valence-electron chi connectivity index (χ2n) is 10.3. The Morgan fingerprint density at radius 1 is 1.02 bits per heavy atom. The zero-order valence-electron chi connectivity index (χ0n) is 23.8. The highest BCUT2D eigenvalue weighted by Crippen LogP contribution is 2.26. The minimum atomic E-state index is -0.718. The van der Waals surface area contributed by atoms with Crippen molar-refractivity contribution in [3.8, 4) is 5.75 Å². The molecule has 0 N–H and O–H groups in total. The Morgan fingerprint density at radius 3 is 2.44 bits per heavy atom. The molecular formula is C31H37ClN4O4S. The van der Waals surface area contributed by atoms with Crippen molar-refractivity contribution in [2.75, 3.05) is 40.3 Å². The monoisotopic (exact) mass is 596 g/mol. The molecule has 1 aromatic heterocycles. The number of likely N-dealkylation sites (N-methyl/N-ethyl adjacent to an activating group) is 2. The summed E-state index contributed by atoms with van der Waals surface area (Å²) >= 11 is 7.66. The Morgan fingerprint density at radius 2 is 1.73 bits per heavy atom. The zero-order chi connectivity index (χ0) is 29.4. The summed E-state index contributed by atoms with van der Waals surface area (Å²) < 4.78 is 6.06. The average molecular weight is 597 g/mol. The number of nitrogens with zero attached hydrogens (tertiary/aromatic N) is 4. The molecule has 1 atom stereocenters. The van der Waals surface area contributed by atoms with Crippen LogP contribution in [0.1, 0.15) is 57.0 Å². The molecule has 2 heterocycles. The van der Waals surface area contributed by atoms with Gasteiger partial charge in [0, 0.05) is 45.2 Å². The van der Waals surface area contributed by atoms with Crippen LogP contribution < -0.4 is 4.74 Å². The molecule has 2 aromatic carbocycles. The number of carbonyl (C=O) groups excluding carboxylic acids is 3. The molecule has 41 heavy (non-hydrogen) atoms. The minimum absolute atomic E-state index is 0.0107. The van der Waals surface area contributed by atoms with Crippen LogP contribution in [0.25, 0.3) is 0 Å². The summed E-state index contributed by atoms with van der Waals surface area (Å²) in [6.45, 7) is 3.92. The summed E-state index contributed by atoms with van der Waals surface area (Å²) in [5, 5.41) is 0.413. The van der Waals surface area contributed by atoms with Crippen molar-refractivity contribution in [2.45, 2.75) is 45.1 Å². The quantitative estimate of drug-likeness (QED) is 0.407. The van der Waals surface area contributed by atoms with Gasteiger partial charge in [-0.15, -0.1) is 11.3 Å². The molecule has 0 saturated heterocycles. The van der Waals surface area contributed by atoms with E-state index in [4.69, 9.17) is 16.3 Å². The van der Waals surface area contributed by atoms with Crippen LogP contribution in [0.5, 0.6) is 5.75 Å². The topological polar surface area (TPSA) is 83.0 Å². The molecule has 1 aliphatic heterocycles. The molecule has 0 bridgehead atoms. The number of benzene rings is 2. The van der Waals surface area contributed by atoms with E-state index in [1.54, 1.807) is 42.7 Å². The highest BCUT2D eigenvalue weighted by Gasteiger charge is 2.31. The Balaban J connectivity index is 1.61. The van der Waals surface area contributed by atoms with Gasteiger partial charge in [-0.1, -0.05) is 41.9 Å². The van der Waals surface area contributed by atoms with Gasteiger partial charge >= 0.3 is 0 Å². The predicted molar refractivity (Wildman–Crippen MR) is 162 cm³/mol. The van der Waals surface area contributed by atoms with E-state index in [0.29, 0.717) is 60.3 Å². The average Bonchev–Trinajstić information content (AvgIpc) is 3.41. The Kier molecular flexibility index (Phi) is 10.8. The third-order valence-corrected chi connectivity index (χ3v) is 8.52. The van der Waals surface area contributed by atoms with Crippen LogP contribution in [0, 0.1) is 6.92 Å². The van der Waals surface area contributed by atoms with Crippen LogP contribution >= 0.6 is 22.9 Å². The Bertz CT molecular complexity index is 1350. The number of hydrogen-bond donors (Lipinski definition) is 0. The largest absolute Gasteiger partial charge is 0.493 e. The number of thiazole rings is 1. The van der Waals surface area contributed by atoms with Gasteiger partial charge in [0.25, 0.3) is 11.8 Å². The molecule has 0 fully saturated rings. The first-order valence-corrected chi connectivity index (χ1v) is 15.2. The fourth-order valence-electron chi connectivity index (χ4n) is 4.92. The third kappa shape index (κ3) is 7.86. The van der Waals surface area contributed by atoms with E-state index in [2.05, 4.69) is 4.98 Å². The molecule has 0 unspecified atom stereocenters. The van der Waals surface area contributed by atoms with Gasteiger partial charge in [-0.25, -0.2) is 4.98 Å². The van der Waals surface area contributed by atoms with Gasteiger partial charge in [0.15, 0.2) is 0 Å². The van der Waals surface area contributed by atoms with Crippen LogP contribution in [0.4, 0.5) is 0 Å². The number of aromatic nitrogens is 1. The Labute approximate surface area is 250 Å². The van der Waals surface area contributed by atoms with E-state index < -0.39 is 6.04 Å². The van der Waals surface area contributed by atoms with E-state index in [-0.39, 0.29) is 17.7 Å². The lowest BCUT2D eigenvalue weighted by Crippen LogP contribution is -2.49. The number of fused-ring (bicyclic) bond motifs is 1. The molecule has 1 aliphatic rings. The van der Waals surface area contributed by atoms with Crippen LogP contribution in [-0.2, 0) is 11.2 Å². The lowest BCUT2D eigenvalue weighted by Gasteiger charge is -2.31. The second-order valence-corrected chi connectivity index (χ2v) is 11.6. The van der Waals surface area contributed by atoms with E-state index in [0.717, 1.165) is 30.5 Å². The molecule has 0 spiro atoms. The molecule has 3 amide bonds. The predicted octanol–water partition coefficient (Wildman–Crippen LogP) is 5.34. The highest BCUT2D eigenvalue weighted by molar-refractivity contribution is 7.11. The fraction of sp³-hybridized carbons (Fsp3) is 0.419. The molecule has 8 nitrogen and oxygen atoms in total. The van der Waals surface area contributed by atoms with Crippen molar-refractivity contribution in [3.05, 3.63) is 80.8 Å². The molecule has 0 saturated carbocycles. The first-order chi connectivity index (χ1) is 19.8. The summed E-state index contributed by atoms with van der Waals surface area (Å²) in [6, 6.07) is 13.9. The van der Waals surface area contributed by atoms with Crippen molar-refractivity contribution in [3.63, 3.8) is 0 Å². The smallest absolute Gasteiger partial charge is 0.265 e. The van der Waals surface area contributed by atoms with Crippen LogP contribution in [0.2, 0.25) is 5.02 Å². The summed E-state index contributed by atoms with van der Waals surface area (Å²) in [7, 11) is 3.43. The van der Waals surface area contributed by atoms with Crippen LogP contribution in [0.3, 0.4) is 0 Å². The van der Waals surface area contributed by atoms with Crippen molar-refractivity contribution >= 4 is 40.7 Å². The maximum Gasteiger partial charge on any atom is 0.265 e. The molecule has 0 radical (unpaired) electrons. The number of aryl methyl sites for hydroxylation is 1. The molecule has 4 rings (SSSR count).